The number of halogens is 1. The lowest BCUT2D eigenvalue weighted by atomic mass is 10.2. The molecule has 0 saturated carbocycles. The van der Waals surface area contributed by atoms with Crippen molar-refractivity contribution < 1.29 is 9.59 Å². The average Bonchev–Trinajstić information content (AvgIpc) is 3.11. The molecule has 1 aromatic carbocycles. The Hall–Kier alpha value is -2.67. The van der Waals surface area contributed by atoms with Crippen LogP contribution in [0.15, 0.2) is 30.3 Å². The van der Waals surface area contributed by atoms with Crippen LogP contribution in [0.4, 0.5) is 11.5 Å². The molecular formula is C16H16ClN5O2. The van der Waals surface area contributed by atoms with Crippen molar-refractivity contribution >= 4 is 34.9 Å². The Morgan fingerprint density at radius 1 is 1.12 bits per heavy atom. The summed E-state index contributed by atoms with van der Waals surface area (Å²) in [6, 6.07) is 7.80. The molecule has 1 aliphatic heterocycles. The molecule has 2 aromatic rings. The zero-order chi connectivity index (χ0) is 17.1. The van der Waals surface area contributed by atoms with Gasteiger partial charge in [-0.3, -0.25) is 9.59 Å². The Balaban J connectivity index is 1.75. The first-order chi connectivity index (χ1) is 11.5. The summed E-state index contributed by atoms with van der Waals surface area (Å²) in [6.45, 7) is 1.91. The monoisotopic (exact) mass is 345 g/mol. The van der Waals surface area contributed by atoms with Crippen molar-refractivity contribution in [3.05, 3.63) is 46.6 Å². The number of carbonyl (C=O) groups excluding carboxylic acids is 2. The van der Waals surface area contributed by atoms with Gasteiger partial charge in [-0.15, -0.1) is 10.2 Å². The zero-order valence-electron chi connectivity index (χ0n) is 12.8. The van der Waals surface area contributed by atoms with Crippen molar-refractivity contribution in [1.82, 2.24) is 10.2 Å². The minimum absolute atomic E-state index is 0.165. The molecule has 0 spiro atoms. The van der Waals surface area contributed by atoms with Gasteiger partial charge in [0.2, 0.25) is 5.91 Å². The van der Waals surface area contributed by atoms with E-state index in [0.717, 1.165) is 31.7 Å². The molecule has 3 rings (SSSR count). The summed E-state index contributed by atoms with van der Waals surface area (Å²) in [5, 5.41) is 11.0. The van der Waals surface area contributed by atoms with Crippen LogP contribution < -0.4 is 16.0 Å². The fraction of sp³-hybridized carbons (Fsp3) is 0.250. The first-order valence-corrected chi connectivity index (χ1v) is 7.92. The van der Waals surface area contributed by atoms with Gasteiger partial charge in [-0.05, 0) is 43.2 Å². The molecule has 1 fully saturated rings. The zero-order valence-corrected chi connectivity index (χ0v) is 13.6. The quantitative estimate of drug-likeness (QED) is 0.883. The van der Waals surface area contributed by atoms with Crippen molar-refractivity contribution in [3.63, 3.8) is 0 Å². The molecule has 1 aliphatic rings. The second-order valence-electron chi connectivity index (χ2n) is 5.48. The van der Waals surface area contributed by atoms with Crippen LogP contribution in [0.5, 0.6) is 0 Å². The summed E-state index contributed by atoms with van der Waals surface area (Å²) in [5.74, 6) is -0.297. The molecule has 0 atom stereocenters. The van der Waals surface area contributed by atoms with Gasteiger partial charge >= 0.3 is 0 Å². The first-order valence-electron chi connectivity index (χ1n) is 7.54. The van der Waals surface area contributed by atoms with Crippen LogP contribution in [-0.4, -0.2) is 35.1 Å². The number of hydrogen-bond acceptors (Lipinski definition) is 5. The summed E-state index contributed by atoms with van der Waals surface area (Å²) in [5.41, 5.74) is 5.94. The van der Waals surface area contributed by atoms with E-state index in [0.29, 0.717) is 10.7 Å². The van der Waals surface area contributed by atoms with E-state index >= 15 is 0 Å². The number of primary amides is 1. The number of anilines is 2. The molecule has 1 aromatic heterocycles. The number of aromatic nitrogens is 2. The Kier molecular flexibility index (Phi) is 4.61. The van der Waals surface area contributed by atoms with E-state index in [1.54, 1.807) is 12.1 Å². The van der Waals surface area contributed by atoms with Crippen molar-refractivity contribution in [3.8, 4) is 0 Å². The van der Waals surface area contributed by atoms with Crippen LogP contribution in [0.3, 0.4) is 0 Å². The Bertz CT molecular complexity index is 773. The Morgan fingerprint density at radius 3 is 2.50 bits per heavy atom. The summed E-state index contributed by atoms with van der Waals surface area (Å²) < 4.78 is 0. The first kappa shape index (κ1) is 16.2. The van der Waals surface area contributed by atoms with Crippen molar-refractivity contribution in [2.45, 2.75) is 12.8 Å². The topological polar surface area (TPSA) is 101 Å². The maximum atomic E-state index is 12.3. The normalized spacial score (nSPS) is 13.8. The lowest BCUT2D eigenvalue weighted by Gasteiger charge is -2.15. The van der Waals surface area contributed by atoms with Gasteiger partial charge in [0.05, 0.1) is 10.7 Å². The molecule has 2 amide bonds. The van der Waals surface area contributed by atoms with Crippen LogP contribution in [0.25, 0.3) is 0 Å². The fourth-order valence-corrected chi connectivity index (χ4v) is 2.69. The largest absolute Gasteiger partial charge is 0.366 e. The number of carbonyl (C=O) groups is 2. The molecular weight excluding hydrogens is 330 g/mol. The molecule has 3 N–H and O–H groups in total. The van der Waals surface area contributed by atoms with Gasteiger partial charge < -0.3 is 16.0 Å². The van der Waals surface area contributed by atoms with Gasteiger partial charge in [0.1, 0.15) is 0 Å². The third kappa shape index (κ3) is 3.46. The maximum Gasteiger partial charge on any atom is 0.276 e. The number of nitrogens with two attached hydrogens (primary N) is 1. The predicted molar refractivity (Wildman–Crippen MR) is 91.4 cm³/mol. The highest BCUT2D eigenvalue weighted by molar-refractivity contribution is 6.34. The summed E-state index contributed by atoms with van der Waals surface area (Å²) >= 11 is 6.03. The summed E-state index contributed by atoms with van der Waals surface area (Å²) in [7, 11) is 0. The smallest absolute Gasteiger partial charge is 0.276 e. The standard InChI is InChI=1S/C16H16ClN5O2/c17-11-4-3-10(15(18)23)9-13(11)19-16(24)12-5-6-14(21-20-12)22-7-1-2-8-22/h3-6,9H,1-2,7-8H2,(H2,18,23)(H,19,24). The average molecular weight is 346 g/mol. The van der Waals surface area contributed by atoms with Gasteiger partial charge in [-0.1, -0.05) is 11.6 Å². The van der Waals surface area contributed by atoms with E-state index in [2.05, 4.69) is 20.4 Å². The number of rotatable bonds is 4. The van der Waals surface area contributed by atoms with Crippen LogP contribution in [0.2, 0.25) is 5.02 Å². The Labute approximate surface area is 143 Å². The minimum Gasteiger partial charge on any atom is -0.366 e. The van der Waals surface area contributed by atoms with Crippen molar-refractivity contribution in [2.75, 3.05) is 23.3 Å². The van der Waals surface area contributed by atoms with Crippen LogP contribution in [-0.2, 0) is 0 Å². The molecule has 0 unspecified atom stereocenters. The number of benzene rings is 1. The Morgan fingerprint density at radius 2 is 1.88 bits per heavy atom. The van der Waals surface area contributed by atoms with E-state index < -0.39 is 11.8 Å². The second-order valence-corrected chi connectivity index (χ2v) is 5.89. The van der Waals surface area contributed by atoms with Gasteiger partial charge in [0.15, 0.2) is 11.5 Å². The molecule has 0 radical (unpaired) electrons. The molecule has 24 heavy (non-hydrogen) atoms. The molecule has 1 saturated heterocycles. The lowest BCUT2D eigenvalue weighted by Crippen LogP contribution is -2.21. The number of nitrogens with one attached hydrogen (secondary N) is 1. The lowest BCUT2D eigenvalue weighted by molar-refractivity contribution is 0.0995. The molecule has 8 heteroatoms. The fourth-order valence-electron chi connectivity index (χ4n) is 2.52. The highest BCUT2D eigenvalue weighted by Gasteiger charge is 2.16. The van der Waals surface area contributed by atoms with Crippen molar-refractivity contribution in [1.29, 1.82) is 0 Å². The minimum atomic E-state index is -0.600. The summed E-state index contributed by atoms with van der Waals surface area (Å²) in [6.07, 6.45) is 2.28. The van der Waals surface area contributed by atoms with Crippen LogP contribution in [0.1, 0.15) is 33.7 Å². The van der Waals surface area contributed by atoms with Gasteiger partial charge in [0.25, 0.3) is 5.91 Å². The number of amides is 2. The van der Waals surface area contributed by atoms with E-state index in [1.165, 1.54) is 18.2 Å². The highest BCUT2D eigenvalue weighted by atomic mass is 35.5. The van der Waals surface area contributed by atoms with Crippen molar-refractivity contribution in [2.24, 2.45) is 5.73 Å². The highest BCUT2D eigenvalue weighted by Crippen LogP contribution is 2.23. The van der Waals surface area contributed by atoms with E-state index in [-0.39, 0.29) is 11.3 Å². The molecule has 124 valence electrons. The van der Waals surface area contributed by atoms with E-state index in [9.17, 15) is 9.59 Å². The van der Waals surface area contributed by atoms with E-state index in [1.807, 2.05) is 0 Å². The summed E-state index contributed by atoms with van der Waals surface area (Å²) in [4.78, 5) is 25.6. The molecule has 0 aliphatic carbocycles. The number of hydrogen-bond donors (Lipinski definition) is 2. The third-order valence-corrected chi connectivity index (χ3v) is 4.14. The molecule has 0 bridgehead atoms. The van der Waals surface area contributed by atoms with Gasteiger partial charge in [-0.25, -0.2) is 0 Å². The van der Waals surface area contributed by atoms with Crippen LogP contribution in [0, 0.1) is 0 Å². The maximum absolute atomic E-state index is 12.3. The number of nitrogens with zero attached hydrogens (tertiary/aromatic N) is 3. The van der Waals surface area contributed by atoms with E-state index in [4.69, 9.17) is 17.3 Å². The molecule has 2 heterocycles. The predicted octanol–water partition coefficient (Wildman–Crippen LogP) is 2.08. The SMILES string of the molecule is NC(=O)c1ccc(Cl)c(NC(=O)c2ccc(N3CCCC3)nn2)c1. The van der Waals surface area contributed by atoms with Gasteiger partial charge in [-0.2, -0.15) is 0 Å². The van der Waals surface area contributed by atoms with Gasteiger partial charge in [0, 0.05) is 18.7 Å². The second kappa shape index (κ2) is 6.84. The van der Waals surface area contributed by atoms with Crippen LogP contribution >= 0.6 is 11.6 Å². The third-order valence-electron chi connectivity index (χ3n) is 3.81. The molecule has 7 nitrogen and oxygen atoms in total.